The van der Waals surface area contributed by atoms with E-state index in [1.807, 2.05) is 0 Å². The zero-order valence-corrected chi connectivity index (χ0v) is 21.4. The molecule has 3 fully saturated rings. The van der Waals surface area contributed by atoms with Crippen LogP contribution in [0.1, 0.15) is 62.5 Å². The summed E-state index contributed by atoms with van der Waals surface area (Å²) in [5.74, 6) is 1.93. The third-order valence-electron chi connectivity index (χ3n) is 8.33. The summed E-state index contributed by atoms with van der Waals surface area (Å²) >= 11 is 0. The van der Waals surface area contributed by atoms with E-state index in [-0.39, 0.29) is 5.41 Å². The van der Waals surface area contributed by atoms with E-state index in [0.29, 0.717) is 0 Å². The Balaban J connectivity index is 1.26. The van der Waals surface area contributed by atoms with E-state index in [2.05, 4.69) is 64.9 Å². The summed E-state index contributed by atoms with van der Waals surface area (Å²) in [5.41, 5.74) is 3.86. The van der Waals surface area contributed by atoms with Gasteiger partial charge in [0.1, 0.15) is 24.7 Å². The lowest BCUT2D eigenvalue weighted by molar-refractivity contribution is 0.237. The fourth-order valence-corrected chi connectivity index (χ4v) is 6.25. The van der Waals surface area contributed by atoms with Gasteiger partial charge < -0.3 is 9.47 Å². The molecule has 0 amide bonds. The molecule has 188 valence electrons. The van der Waals surface area contributed by atoms with E-state index in [0.717, 1.165) is 50.6 Å². The second-order valence-corrected chi connectivity index (χ2v) is 10.6. The van der Waals surface area contributed by atoms with Crippen molar-refractivity contribution in [3.63, 3.8) is 0 Å². The maximum atomic E-state index is 6.08. The average molecular weight is 475 g/mol. The van der Waals surface area contributed by atoms with Crippen LogP contribution in [0.5, 0.6) is 11.5 Å². The Labute approximate surface area is 211 Å². The van der Waals surface area contributed by atoms with Gasteiger partial charge in [0, 0.05) is 18.5 Å². The first-order valence-electron chi connectivity index (χ1n) is 13.8. The molecule has 4 nitrogen and oxygen atoms in total. The van der Waals surface area contributed by atoms with E-state index in [9.17, 15) is 0 Å². The van der Waals surface area contributed by atoms with Crippen LogP contribution in [0.3, 0.4) is 0 Å². The second-order valence-electron chi connectivity index (χ2n) is 10.6. The summed E-state index contributed by atoms with van der Waals surface area (Å²) in [5, 5.41) is 0. The molecule has 0 N–H and O–H groups in total. The Kier molecular flexibility index (Phi) is 8.10. The Morgan fingerprint density at radius 2 is 1.09 bits per heavy atom. The van der Waals surface area contributed by atoms with Crippen LogP contribution in [0.4, 0.5) is 0 Å². The average Bonchev–Trinajstić information content (AvgIpc) is 3.60. The number of hydrogen-bond donors (Lipinski definition) is 0. The van der Waals surface area contributed by atoms with Gasteiger partial charge >= 0.3 is 0 Å². The molecule has 5 rings (SSSR count). The largest absolute Gasteiger partial charge is 0.492 e. The summed E-state index contributed by atoms with van der Waals surface area (Å²) in [7, 11) is 0. The van der Waals surface area contributed by atoms with E-state index in [1.165, 1.54) is 81.4 Å². The normalized spacial score (nSPS) is 20.9. The molecule has 0 bridgehead atoms. The van der Waals surface area contributed by atoms with Crippen LogP contribution in [-0.4, -0.2) is 62.3 Å². The van der Waals surface area contributed by atoms with Crippen molar-refractivity contribution in [2.75, 3.05) is 52.5 Å². The molecule has 0 radical (unpaired) electrons. The van der Waals surface area contributed by atoms with Crippen LogP contribution >= 0.6 is 0 Å². The minimum Gasteiger partial charge on any atom is -0.492 e. The molecule has 2 saturated heterocycles. The molecule has 2 aromatic rings. The standard InChI is InChI=1S/C31H42N2O2/c1-26-8-2-3-17-31(26,27-9-13-29(14-10-27)34-24-22-32-18-4-5-19-32)28-11-15-30(16-12-28)35-25-23-33-20-6-7-21-33/h9-16H,1-8,17-25H2. The molecule has 0 atom stereocenters. The first-order chi connectivity index (χ1) is 17.2. The molecular formula is C31H42N2O2. The lowest BCUT2D eigenvalue weighted by Gasteiger charge is -2.41. The molecule has 1 saturated carbocycles. The molecule has 0 aromatic heterocycles. The number of rotatable bonds is 10. The summed E-state index contributed by atoms with van der Waals surface area (Å²) in [4.78, 5) is 4.99. The van der Waals surface area contributed by atoms with Crippen molar-refractivity contribution >= 4 is 0 Å². The van der Waals surface area contributed by atoms with Crippen molar-refractivity contribution in [1.82, 2.24) is 9.80 Å². The maximum Gasteiger partial charge on any atom is 0.119 e. The van der Waals surface area contributed by atoms with Crippen LogP contribution in [-0.2, 0) is 5.41 Å². The van der Waals surface area contributed by atoms with Gasteiger partial charge in [0.25, 0.3) is 0 Å². The number of allylic oxidation sites excluding steroid dienone is 1. The highest BCUT2D eigenvalue weighted by Gasteiger charge is 2.38. The fourth-order valence-electron chi connectivity index (χ4n) is 6.25. The predicted molar refractivity (Wildman–Crippen MR) is 144 cm³/mol. The van der Waals surface area contributed by atoms with Gasteiger partial charge in [-0.05, 0) is 107 Å². The molecule has 2 aliphatic heterocycles. The Bertz CT molecular complexity index is 875. The Hall–Kier alpha value is -2.30. The fraction of sp³-hybridized carbons (Fsp3) is 0.548. The SMILES string of the molecule is C=C1CCCCC1(c1ccc(OCCN2CCCC2)cc1)c1ccc(OCCN2CCCC2)cc1. The first kappa shape index (κ1) is 24.4. The second kappa shape index (κ2) is 11.6. The van der Waals surface area contributed by atoms with Gasteiger partial charge in [-0.15, -0.1) is 0 Å². The molecule has 2 aromatic carbocycles. The minimum absolute atomic E-state index is 0.125. The lowest BCUT2D eigenvalue weighted by Crippen LogP contribution is -2.32. The monoisotopic (exact) mass is 474 g/mol. The van der Waals surface area contributed by atoms with Crippen LogP contribution in [0, 0.1) is 0 Å². The first-order valence-corrected chi connectivity index (χ1v) is 13.8. The summed E-state index contributed by atoms with van der Waals surface area (Å²) < 4.78 is 12.2. The van der Waals surface area contributed by atoms with Gasteiger partial charge in [-0.1, -0.05) is 42.8 Å². The molecule has 0 spiro atoms. The summed E-state index contributed by atoms with van der Waals surface area (Å²) in [6, 6.07) is 17.7. The Morgan fingerprint density at radius 3 is 1.51 bits per heavy atom. The van der Waals surface area contributed by atoms with Gasteiger partial charge in [-0.2, -0.15) is 0 Å². The van der Waals surface area contributed by atoms with Crippen molar-refractivity contribution in [2.24, 2.45) is 0 Å². The van der Waals surface area contributed by atoms with E-state index in [4.69, 9.17) is 9.47 Å². The number of nitrogens with zero attached hydrogens (tertiary/aromatic N) is 2. The van der Waals surface area contributed by atoms with Crippen molar-refractivity contribution in [3.8, 4) is 11.5 Å². The zero-order chi connectivity index (χ0) is 23.9. The number of hydrogen-bond acceptors (Lipinski definition) is 4. The van der Waals surface area contributed by atoms with Gasteiger partial charge in [-0.25, -0.2) is 0 Å². The topological polar surface area (TPSA) is 24.9 Å². The third kappa shape index (κ3) is 5.76. The van der Waals surface area contributed by atoms with Gasteiger partial charge in [0.05, 0.1) is 0 Å². The van der Waals surface area contributed by atoms with Gasteiger partial charge in [0.2, 0.25) is 0 Å². The molecule has 4 heteroatoms. The molecular weight excluding hydrogens is 432 g/mol. The number of benzene rings is 2. The van der Waals surface area contributed by atoms with Crippen LogP contribution in [0.25, 0.3) is 0 Å². The zero-order valence-electron chi connectivity index (χ0n) is 21.4. The summed E-state index contributed by atoms with van der Waals surface area (Å²) in [6.45, 7) is 13.0. The quantitative estimate of drug-likeness (QED) is 0.391. The number of ether oxygens (including phenoxy) is 2. The minimum atomic E-state index is -0.125. The predicted octanol–water partition coefficient (Wildman–Crippen LogP) is 6.05. The lowest BCUT2D eigenvalue weighted by atomic mass is 9.63. The Morgan fingerprint density at radius 1 is 0.629 bits per heavy atom. The van der Waals surface area contributed by atoms with E-state index >= 15 is 0 Å². The molecule has 35 heavy (non-hydrogen) atoms. The van der Waals surface area contributed by atoms with Crippen molar-refractivity contribution in [1.29, 1.82) is 0 Å². The molecule has 3 aliphatic rings. The summed E-state index contributed by atoms with van der Waals surface area (Å²) in [6.07, 6.45) is 9.95. The van der Waals surface area contributed by atoms with Gasteiger partial charge in [-0.3, -0.25) is 9.80 Å². The van der Waals surface area contributed by atoms with Crippen molar-refractivity contribution in [2.45, 2.75) is 56.8 Å². The smallest absolute Gasteiger partial charge is 0.119 e. The van der Waals surface area contributed by atoms with E-state index < -0.39 is 0 Å². The van der Waals surface area contributed by atoms with Crippen molar-refractivity contribution in [3.05, 3.63) is 71.8 Å². The highest BCUT2D eigenvalue weighted by atomic mass is 16.5. The maximum absolute atomic E-state index is 6.08. The van der Waals surface area contributed by atoms with Crippen molar-refractivity contribution < 1.29 is 9.47 Å². The van der Waals surface area contributed by atoms with Crippen LogP contribution in [0.15, 0.2) is 60.7 Å². The molecule has 0 unspecified atom stereocenters. The molecule has 2 heterocycles. The van der Waals surface area contributed by atoms with Gasteiger partial charge in [0.15, 0.2) is 0 Å². The van der Waals surface area contributed by atoms with Crippen LogP contribution in [0.2, 0.25) is 0 Å². The highest BCUT2D eigenvalue weighted by molar-refractivity contribution is 5.51. The van der Waals surface area contributed by atoms with Crippen LogP contribution < -0.4 is 9.47 Å². The molecule has 1 aliphatic carbocycles. The third-order valence-corrected chi connectivity index (χ3v) is 8.33. The highest BCUT2D eigenvalue weighted by Crippen LogP contribution is 2.48. The number of likely N-dealkylation sites (tertiary alicyclic amines) is 2. The van der Waals surface area contributed by atoms with E-state index in [1.54, 1.807) is 0 Å².